The molecular formula is C25H27N3O5S. The highest BCUT2D eigenvalue weighted by molar-refractivity contribution is 7.92. The Morgan fingerprint density at radius 1 is 0.941 bits per heavy atom. The minimum Gasteiger partial charge on any atom is -0.497 e. The van der Waals surface area contributed by atoms with Gasteiger partial charge in [0.2, 0.25) is 0 Å². The molecule has 0 spiro atoms. The molecule has 0 atom stereocenters. The van der Waals surface area contributed by atoms with E-state index in [-0.39, 0.29) is 16.1 Å². The fourth-order valence-corrected chi connectivity index (χ4v) is 4.22. The van der Waals surface area contributed by atoms with Crippen LogP contribution in [0.15, 0.2) is 82.8 Å². The van der Waals surface area contributed by atoms with Crippen LogP contribution in [0.5, 0.6) is 11.5 Å². The van der Waals surface area contributed by atoms with E-state index >= 15 is 0 Å². The Kier molecular flexibility index (Phi) is 8.26. The Morgan fingerprint density at radius 3 is 2.24 bits per heavy atom. The molecule has 9 heteroatoms. The summed E-state index contributed by atoms with van der Waals surface area (Å²) in [4.78, 5) is 12.8. The van der Waals surface area contributed by atoms with Crippen molar-refractivity contribution in [1.82, 2.24) is 5.43 Å². The number of carbonyl (C=O) groups is 1. The summed E-state index contributed by atoms with van der Waals surface area (Å²) < 4.78 is 38.7. The Morgan fingerprint density at radius 2 is 1.59 bits per heavy atom. The van der Waals surface area contributed by atoms with E-state index in [4.69, 9.17) is 9.47 Å². The SMILES string of the molecule is CCOc1ccc(S(=O)(=O)Nc2ccccc2C(=O)NN=C(C)Cc2ccc(OC)cc2)cc1. The summed E-state index contributed by atoms with van der Waals surface area (Å²) in [6.45, 7) is 4.12. The van der Waals surface area contributed by atoms with E-state index in [1.54, 1.807) is 38.3 Å². The molecule has 2 N–H and O–H groups in total. The minimum atomic E-state index is -3.91. The monoisotopic (exact) mass is 481 g/mol. The van der Waals surface area contributed by atoms with Crippen LogP contribution >= 0.6 is 0 Å². The lowest BCUT2D eigenvalue weighted by Crippen LogP contribution is -2.22. The summed E-state index contributed by atoms with van der Waals surface area (Å²) >= 11 is 0. The van der Waals surface area contributed by atoms with Crippen molar-refractivity contribution < 1.29 is 22.7 Å². The number of benzene rings is 3. The van der Waals surface area contributed by atoms with E-state index in [2.05, 4.69) is 15.2 Å². The molecule has 0 aliphatic carbocycles. The highest BCUT2D eigenvalue weighted by atomic mass is 32.2. The topological polar surface area (TPSA) is 106 Å². The van der Waals surface area contributed by atoms with Crippen molar-refractivity contribution in [2.75, 3.05) is 18.4 Å². The number of anilines is 1. The lowest BCUT2D eigenvalue weighted by atomic mass is 10.1. The summed E-state index contributed by atoms with van der Waals surface area (Å²) in [6.07, 6.45) is 0.538. The average Bonchev–Trinajstić information content (AvgIpc) is 2.84. The molecular weight excluding hydrogens is 454 g/mol. The number of ether oxygens (including phenoxy) is 2. The molecule has 0 saturated carbocycles. The van der Waals surface area contributed by atoms with Crippen LogP contribution in [0.1, 0.15) is 29.8 Å². The maximum absolute atomic E-state index is 12.8. The molecule has 0 aliphatic rings. The van der Waals surface area contributed by atoms with Crippen molar-refractivity contribution >= 4 is 27.3 Å². The van der Waals surface area contributed by atoms with Gasteiger partial charge in [0.25, 0.3) is 15.9 Å². The number of hydrazone groups is 1. The number of sulfonamides is 1. The molecule has 0 radical (unpaired) electrons. The zero-order chi connectivity index (χ0) is 24.6. The minimum absolute atomic E-state index is 0.0551. The van der Waals surface area contributed by atoms with Gasteiger partial charge in [-0.15, -0.1) is 0 Å². The first-order valence-corrected chi connectivity index (χ1v) is 12.1. The molecule has 3 rings (SSSR count). The Bertz CT molecular complexity index is 1250. The predicted octanol–water partition coefficient (Wildman–Crippen LogP) is 4.24. The number of rotatable bonds is 10. The zero-order valence-corrected chi connectivity index (χ0v) is 20.1. The summed E-state index contributed by atoms with van der Waals surface area (Å²) in [7, 11) is -2.31. The highest BCUT2D eigenvalue weighted by Gasteiger charge is 2.18. The maximum Gasteiger partial charge on any atom is 0.273 e. The van der Waals surface area contributed by atoms with E-state index < -0.39 is 15.9 Å². The molecule has 178 valence electrons. The molecule has 0 bridgehead atoms. The quantitative estimate of drug-likeness (QED) is 0.333. The fraction of sp³-hybridized carbons (Fsp3) is 0.200. The predicted molar refractivity (Wildman–Crippen MR) is 132 cm³/mol. The lowest BCUT2D eigenvalue weighted by Gasteiger charge is -2.12. The highest BCUT2D eigenvalue weighted by Crippen LogP contribution is 2.22. The van der Waals surface area contributed by atoms with Crippen LogP contribution in [0.25, 0.3) is 0 Å². The second-order valence-corrected chi connectivity index (χ2v) is 9.05. The van der Waals surface area contributed by atoms with E-state index in [9.17, 15) is 13.2 Å². The molecule has 0 heterocycles. The van der Waals surface area contributed by atoms with Crippen LogP contribution in [0.4, 0.5) is 5.69 Å². The number of hydrogen-bond donors (Lipinski definition) is 2. The third kappa shape index (κ3) is 6.58. The van der Waals surface area contributed by atoms with Crippen molar-refractivity contribution in [2.45, 2.75) is 25.2 Å². The van der Waals surface area contributed by atoms with Gasteiger partial charge in [-0.1, -0.05) is 24.3 Å². The number of carbonyl (C=O) groups excluding carboxylic acids is 1. The Labute approximate surface area is 199 Å². The fourth-order valence-electron chi connectivity index (χ4n) is 3.14. The van der Waals surface area contributed by atoms with Crippen molar-refractivity contribution in [3.8, 4) is 11.5 Å². The smallest absolute Gasteiger partial charge is 0.273 e. The van der Waals surface area contributed by atoms with Crippen LogP contribution in [0, 0.1) is 0 Å². The first kappa shape index (κ1) is 24.8. The first-order valence-electron chi connectivity index (χ1n) is 10.6. The second-order valence-electron chi connectivity index (χ2n) is 7.37. The van der Waals surface area contributed by atoms with Gasteiger partial charge in [0.15, 0.2) is 0 Å². The van der Waals surface area contributed by atoms with Gasteiger partial charge in [0.1, 0.15) is 11.5 Å². The van der Waals surface area contributed by atoms with Gasteiger partial charge < -0.3 is 9.47 Å². The molecule has 34 heavy (non-hydrogen) atoms. The van der Waals surface area contributed by atoms with E-state index in [1.165, 1.54) is 24.3 Å². The third-order valence-electron chi connectivity index (χ3n) is 4.83. The van der Waals surface area contributed by atoms with E-state index in [0.717, 1.165) is 11.3 Å². The first-order chi connectivity index (χ1) is 16.3. The van der Waals surface area contributed by atoms with Gasteiger partial charge in [-0.05, 0) is 67.9 Å². The number of amides is 1. The molecule has 0 aliphatic heterocycles. The zero-order valence-electron chi connectivity index (χ0n) is 19.2. The summed E-state index contributed by atoms with van der Waals surface area (Å²) in [5.41, 5.74) is 4.50. The largest absolute Gasteiger partial charge is 0.497 e. The molecule has 8 nitrogen and oxygen atoms in total. The molecule has 0 saturated heterocycles. The molecule has 0 aromatic heterocycles. The van der Waals surface area contributed by atoms with Crippen LogP contribution < -0.4 is 19.6 Å². The number of hydrogen-bond acceptors (Lipinski definition) is 6. The van der Waals surface area contributed by atoms with Crippen LogP contribution in [0.3, 0.4) is 0 Å². The summed E-state index contributed by atoms with van der Waals surface area (Å²) in [6, 6.07) is 20.0. The van der Waals surface area contributed by atoms with Crippen molar-refractivity contribution in [2.24, 2.45) is 5.10 Å². The van der Waals surface area contributed by atoms with Crippen LogP contribution in [-0.2, 0) is 16.4 Å². The molecule has 1 amide bonds. The summed E-state index contributed by atoms with van der Waals surface area (Å²) in [5.74, 6) is 0.805. The van der Waals surface area contributed by atoms with Crippen LogP contribution in [0.2, 0.25) is 0 Å². The van der Waals surface area contributed by atoms with Crippen molar-refractivity contribution in [1.29, 1.82) is 0 Å². The van der Waals surface area contributed by atoms with Gasteiger partial charge in [0, 0.05) is 12.1 Å². The standard InChI is InChI=1S/C25H27N3O5S/c1-4-33-21-13-15-22(16-14-21)34(30,31)28-24-8-6-5-7-23(24)25(29)27-26-18(2)17-19-9-11-20(32-3)12-10-19/h5-16,28H,4,17H2,1-3H3,(H,27,29). The Balaban J connectivity index is 1.70. The van der Waals surface area contributed by atoms with Crippen LogP contribution in [-0.4, -0.2) is 33.8 Å². The van der Waals surface area contributed by atoms with Gasteiger partial charge in [-0.3, -0.25) is 9.52 Å². The van der Waals surface area contributed by atoms with E-state index in [1.807, 2.05) is 31.2 Å². The normalized spacial score (nSPS) is 11.6. The molecule has 0 fully saturated rings. The van der Waals surface area contributed by atoms with Gasteiger partial charge in [-0.2, -0.15) is 5.10 Å². The number of nitrogens with one attached hydrogen (secondary N) is 2. The average molecular weight is 482 g/mol. The Hall–Kier alpha value is -3.85. The number of para-hydroxylation sites is 1. The summed E-state index contributed by atoms with van der Waals surface area (Å²) in [5, 5.41) is 4.16. The van der Waals surface area contributed by atoms with Gasteiger partial charge in [0.05, 0.1) is 29.9 Å². The third-order valence-corrected chi connectivity index (χ3v) is 6.21. The maximum atomic E-state index is 12.8. The molecule has 3 aromatic carbocycles. The molecule has 0 unspecified atom stereocenters. The van der Waals surface area contributed by atoms with Crippen molar-refractivity contribution in [3.63, 3.8) is 0 Å². The van der Waals surface area contributed by atoms with Crippen molar-refractivity contribution in [3.05, 3.63) is 83.9 Å². The number of nitrogens with zero attached hydrogens (tertiary/aromatic N) is 1. The number of methoxy groups -OCH3 is 1. The van der Waals surface area contributed by atoms with Gasteiger partial charge in [-0.25, -0.2) is 13.8 Å². The second kappa shape index (κ2) is 11.3. The lowest BCUT2D eigenvalue weighted by molar-refractivity contribution is 0.0955. The molecule has 3 aromatic rings. The van der Waals surface area contributed by atoms with Gasteiger partial charge >= 0.3 is 0 Å². The van der Waals surface area contributed by atoms with E-state index in [0.29, 0.717) is 24.5 Å².